The quantitative estimate of drug-likeness (QED) is 0.569. The predicted molar refractivity (Wildman–Crippen MR) is 42.6 cm³/mol. The molecule has 9 heavy (non-hydrogen) atoms. The van der Waals surface area contributed by atoms with E-state index in [1.54, 1.807) is 0 Å². The van der Waals surface area contributed by atoms with Crippen molar-refractivity contribution in [1.29, 1.82) is 0 Å². The van der Waals surface area contributed by atoms with E-state index in [-0.39, 0.29) is 0 Å². The predicted octanol–water partition coefficient (Wildman–Crippen LogP) is 1.95. The Morgan fingerprint density at radius 2 is 2.22 bits per heavy atom. The minimum Gasteiger partial charge on any atom is -0.311 e. The minimum absolute atomic E-state index is 0.537. The van der Waals surface area contributed by atoms with Crippen molar-refractivity contribution in [2.24, 2.45) is 0 Å². The normalized spacial score (nSPS) is 14.6. The molecule has 1 unspecified atom stereocenters. The molecule has 0 aliphatic carbocycles. The van der Waals surface area contributed by atoms with Crippen LogP contribution < -0.4 is 5.32 Å². The Morgan fingerprint density at radius 3 is 2.67 bits per heavy atom. The van der Waals surface area contributed by atoms with E-state index in [4.69, 9.17) is 0 Å². The van der Waals surface area contributed by atoms with Crippen molar-refractivity contribution in [3.8, 4) is 0 Å². The van der Waals surface area contributed by atoms with Crippen molar-refractivity contribution in [2.75, 3.05) is 6.54 Å². The molecule has 0 aliphatic heterocycles. The molecule has 0 aliphatic rings. The first kappa shape index (κ1) is 8.70. The van der Waals surface area contributed by atoms with Gasteiger partial charge in [0.05, 0.1) is 0 Å². The molecular weight excluding hydrogens is 110 g/mol. The van der Waals surface area contributed by atoms with Gasteiger partial charge in [-0.1, -0.05) is 19.1 Å². The maximum absolute atomic E-state index is 3.35. The van der Waals surface area contributed by atoms with Crippen LogP contribution in [0.25, 0.3) is 0 Å². The van der Waals surface area contributed by atoms with E-state index in [1.165, 1.54) is 6.42 Å². The molecule has 0 rings (SSSR count). The van der Waals surface area contributed by atoms with Crippen molar-refractivity contribution < 1.29 is 0 Å². The van der Waals surface area contributed by atoms with E-state index in [1.807, 2.05) is 6.92 Å². The zero-order valence-electron chi connectivity index (χ0n) is 6.65. The van der Waals surface area contributed by atoms with Crippen LogP contribution in [0.2, 0.25) is 0 Å². The second-order valence-electron chi connectivity index (χ2n) is 2.27. The fourth-order valence-corrected chi connectivity index (χ4v) is 0.729. The molecule has 1 heteroatoms. The number of nitrogens with one attached hydrogen (secondary N) is 1. The Bertz CT molecular complexity index is 76.6. The lowest BCUT2D eigenvalue weighted by Crippen LogP contribution is -2.24. The van der Waals surface area contributed by atoms with E-state index in [0.29, 0.717) is 6.04 Å². The van der Waals surface area contributed by atoms with Gasteiger partial charge in [0.25, 0.3) is 0 Å². The molecule has 1 atom stereocenters. The molecule has 0 aromatic heterocycles. The Balaban J connectivity index is 3.15. The number of rotatable bonds is 4. The lowest BCUT2D eigenvalue weighted by Gasteiger charge is -2.06. The SMILES string of the molecule is CC=CC(C)NCCC. The molecule has 0 spiro atoms. The van der Waals surface area contributed by atoms with Crippen LogP contribution in [0.4, 0.5) is 0 Å². The van der Waals surface area contributed by atoms with Gasteiger partial charge in [0, 0.05) is 6.04 Å². The van der Waals surface area contributed by atoms with Crippen LogP contribution in [0.3, 0.4) is 0 Å². The highest BCUT2D eigenvalue weighted by atomic mass is 14.9. The van der Waals surface area contributed by atoms with Crippen molar-refractivity contribution in [2.45, 2.75) is 33.2 Å². The van der Waals surface area contributed by atoms with Crippen LogP contribution in [0.5, 0.6) is 0 Å². The van der Waals surface area contributed by atoms with Crippen LogP contribution in [0.15, 0.2) is 12.2 Å². The second kappa shape index (κ2) is 5.83. The van der Waals surface area contributed by atoms with Gasteiger partial charge in [0.15, 0.2) is 0 Å². The molecule has 0 fully saturated rings. The molecule has 0 radical (unpaired) electrons. The van der Waals surface area contributed by atoms with Gasteiger partial charge in [0.2, 0.25) is 0 Å². The van der Waals surface area contributed by atoms with Crippen molar-refractivity contribution in [3.63, 3.8) is 0 Å². The highest BCUT2D eigenvalue weighted by molar-refractivity contribution is 4.87. The van der Waals surface area contributed by atoms with Gasteiger partial charge in [-0.25, -0.2) is 0 Å². The lowest BCUT2D eigenvalue weighted by molar-refractivity contribution is 0.623. The highest BCUT2D eigenvalue weighted by Crippen LogP contribution is 1.83. The van der Waals surface area contributed by atoms with Crippen molar-refractivity contribution in [3.05, 3.63) is 12.2 Å². The molecule has 0 heterocycles. The largest absolute Gasteiger partial charge is 0.311 e. The number of hydrogen-bond donors (Lipinski definition) is 1. The second-order valence-corrected chi connectivity index (χ2v) is 2.27. The van der Waals surface area contributed by atoms with Crippen LogP contribution in [-0.2, 0) is 0 Å². The summed E-state index contributed by atoms with van der Waals surface area (Å²) in [6, 6.07) is 0.537. The van der Waals surface area contributed by atoms with Gasteiger partial charge in [-0.3, -0.25) is 0 Å². The maximum atomic E-state index is 3.35. The Kier molecular flexibility index (Phi) is 5.64. The Labute approximate surface area is 58.2 Å². The van der Waals surface area contributed by atoms with Gasteiger partial charge in [-0.05, 0) is 26.8 Å². The standard InChI is InChI=1S/C8H17N/c1-4-6-8(3)9-7-5-2/h4,6,8-9H,5,7H2,1-3H3. The monoisotopic (exact) mass is 127 g/mol. The van der Waals surface area contributed by atoms with E-state index >= 15 is 0 Å². The molecule has 0 saturated heterocycles. The fourth-order valence-electron chi connectivity index (χ4n) is 0.729. The third kappa shape index (κ3) is 5.57. The van der Waals surface area contributed by atoms with E-state index in [0.717, 1.165) is 6.54 Å². The van der Waals surface area contributed by atoms with Gasteiger partial charge >= 0.3 is 0 Å². The molecule has 0 saturated carbocycles. The van der Waals surface area contributed by atoms with Crippen LogP contribution in [0, 0.1) is 0 Å². The van der Waals surface area contributed by atoms with Gasteiger partial charge in [-0.2, -0.15) is 0 Å². The first-order chi connectivity index (χ1) is 4.31. The summed E-state index contributed by atoms with van der Waals surface area (Å²) in [5, 5.41) is 3.35. The fraction of sp³-hybridized carbons (Fsp3) is 0.750. The van der Waals surface area contributed by atoms with E-state index in [9.17, 15) is 0 Å². The number of hydrogen-bond acceptors (Lipinski definition) is 1. The van der Waals surface area contributed by atoms with Crippen LogP contribution in [0.1, 0.15) is 27.2 Å². The smallest absolute Gasteiger partial charge is 0.0221 e. The molecular formula is C8H17N. The topological polar surface area (TPSA) is 12.0 Å². The van der Waals surface area contributed by atoms with Gasteiger partial charge in [0.1, 0.15) is 0 Å². The first-order valence-electron chi connectivity index (χ1n) is 3.67. The molecule has 0 amide bonds. The average molecular weight is 127 g/mol. The molecule has 1 N–H and O–H groups in total. The highest BCUT2D eigenvalue weighted by Gasteiger charge is 1.89. The summed E-state index contributed by atoms with van der Waals surface area (Å²) in [6.45, 7) is 7.50. The van der Waals surface area contributed by atoms with Gasteiger partial charge < -0.3 is 5.32 Å². The first-order valence-corrected chi connectivity index (χ1v) is 3.67. The van der Waals surface area contributed by atoms with Crippen molar-refractivity contribution in [1.82, 2.24) is 5.32 Å². The Hall–Kier alpha value is -0.300. The van der Waals surface area contributed by atoms with E-state index < -0.39 is 0 Å². The lowest BCUT2D eigenvalue weighted by atomic mass is 10.3. The number of allylic oxidation sites excluding steroid dienone is 1. The summed E-state index contributed by atoms with van der Waals surface area (Å²) in [5.74, 6) is 0. The summed E-state index contributed by atoms with van der Waals surface area (Å²) in [7, 11) is 0. The molecule has 54 valence electrons. The van der Waals surface area contributed by atoms with Crippen LogP contribution >= 0.6 is 0 Å². The summed E-state index contributed by atoms with van der Waals surface area (Å²) >= 11 is 0. The minimum atomic E-state index is 0.537. The zero-order chi connectivity index (χ0) is 7.11. The molecule has 0 aromatic rings. The zero-order valence-corrected chi connectivity index (χ0v) is 6.65. The summed E-state index contributed by atoms with van der Waals surface area (Å²) in [5.41, 5.74) is 0. The molecule has 0 aromatic carbocycles. The summed E-state index contributed by atoms with van der Waals surface area (Å²) < 4.78 is 0. The van der Waals surface area contributed by atoms with Crippen molar-refractivity contribution >= 4 is 0 Å². The Morgan fingerprint density at radius 1 is 1.56 bits per heavy atom. The average Bonchev–Trinajstić information content (AvgIpc) is 1.85. The summed E-state index contributed by atoms with van der Waals surface area (Å²) in [4.78, 5) is 0. The molecule has 0 bridgehead atoms. The van der Waals surface area contributed by atoms with Crippen LogP contribution in [-0.4, -0.2) is 12.6 Å². The molecule has 1 nitrogen and oxygen atoms in total. The van der Waals surface area contributed by atoms with Gasteiger partial charge in [-0.15, -0.1) is 0 Å². The third-order valence-electron chi connectivity index (χ3n) is 1.20. The summed E-state index contributed by atoms with van der Waals surface area (Å²) in [6.07, 6.45) is 5.45. The van der Waals surface area contributed by atoms with E-state index in [2.05, 4.69) is 31.3 Å². The maximum Gasteiger partial charge on any atom is 0.0221 e. The third-order valence-corrected chi connectivity index (χ3v) is 1.20.